The van der Waals surface area contributed by atoms with Crippen molar-refractivity contribution in [1.29, 1.82) is 0 Å². The van der Waals surface area contributed by atoms with Crippen LogP contribution in [0.3, 0.4) is 0 Å². The smallest absolute Gasteiger partial charge is 0.328 e. The summed E-state index contributed by atoms with van der Waals surface area (Å²) < 4.78 is 5.28. The first-order chi connectivity index (χ1) is 10.6. The largest absolute Gasteiger partial charge is 0.478 e. The number of benzene rings is 1. The molecule has 1 aromatic carbocycles. The molecule has 0 atom stereocenters. The fourth-order valence-electron chi connectivity index (χ4n) is 1.99. The second kappa shape index (κ2) is 7.37. The highest BCUT2D eigenvalue weighted by Crippen LogP contribution is 2.18. The van der Waals surface area contributed by atoms with Gasteiger partial charge < -0.3 is 20.1 Å². The van der Waals surface area contributed by atoms with Crippen molar-refractivity contribution in [3.8, 4) is 0 Å². The van der Waals surface area contributed by atoms with Gasteiger partial charge in [0.15, 0.2) is 0 Å². The molecule has 7 nitrogen and oxygen atoms in total. The molecule has 1 amide bonds. The van der Waals surface area contributed by atoms with E-state index < -0.39 is 17.7 Å². The quantitative estimate of drug-likeness (QED) is 0.613. The summed E-state index contributed by atoms with van der Waals surface area (Å²) >= 11 is 0. The number of rotatable bonds is 5. The Hall–Kier alpha value is -2.67. The number of hydrogen-bond donors (Lipinski definition) is 2. The van der Waals surface area contributed by atoms with E-state index >= 15 is 0 Å². The van der Waals surface area contributed by atoms with E-state index in [1.165, 1.54) is 0 Å². The number of carboxylic acids is 1. The molecule has 1 aliphatic heterocycles. The Kier molecular flexibility index (Phi) is 5.26. The summed E-state index contributed by atoms with van der Waals surface area (Å²) in [5.74, 6) is -3.08. The Bertz CT molecular complexity index is 588. The van der Waals surface area contributed by atoms with Crippen LogP contribution >= 0.6 is 0 Å². The third-order valence-corrected chi connectivity index (χ3v) is 3.10. The molecule has 1 aromatic rings. The van der Waals surface area contributed by atoms with Gasteiger partial charge in [0.05, 0.1) is 13.2 Å². The van der Waals surface area contributed by atoms with Crippen molar-refractivity contribution >= 4 is 29.0 Å². The fourth-order valence-corrected chi connectivity index (χ4v) is 1.99. The summed E-state index contributed by atoms with van der Waals surface area (Å²) in [6.45, 7) is 2.99. The molecule has 0 spiro atoms. The lowest BCUT2D eigenvalue weighted by molar-refractivity contribution is -0.132. The highest BCUT2D eigenvalue weighted by atomic mass is 16.5. The lowest BCUT2D eigenvalue weighted by atomic mass is 10.2. The van der Waals surface area contributed by atoms with Crippen molar-refractivity contribution in [3.63, 3.8) is 0 Å². The van der Waals surface area contributed by atoms with Crippen LogP contribution < -0.4 is 10.2 Å². The van der Waals surface area contributed by atoms with Crippen LogP contribution in [-0.2, 0) is 19.1 Å². The first kappa shape index (κ1) is 15.7. The molecule has 22 heavy (non-hydrogen) atoms. The van der Waals surface area contributed by atoms with Crippen LogP contribution in [0, 0.1) is 0 Å². The Balaban J connectivity index is 1.94. The van der Waals surface area contributed by atoms with Crippen molar-refractivity contribution in [3.05, 3.63) is 36.4 Å². The first-order valence-corrected chi connectivity index (χ1v) is 6.75. The van der Waals surface area contributed by atoms with E-state index in [4.69, 9.17) is 9.84 Å². The van der Waals surface area contributed by atoms with Gasteiger partial charge in [-0.2, -0.15) is 0 Å². The molecular formula is C15H16N2O5. The van der Waals surface area contributed by atoms with Gasteiger partial charge in [0.25, 0.3) is 5.91 Å². The zero-order chi connectivity index (χ0) is 15.9. The summed E-state index contributed by atoms with van der Waals surface area (Å²) in [7, 11) is 0. The van der Waals surface area contributed by atoms with Gasteiger partial charge in [-0.05, 0) is 30.3 Å². The minimum atomic E-state index is -1.28. The second-order valence-electron chi connectivity index (χ2n) is 4.64. The Morgan fingerprint density at radius 1 is 1.09 bits per heavy atom. The Morgan fingerprint density at radius 3 is 2.32 bits per heavy atom. The van der Waals surface area contributed by atoms with Crippen molar-refractivity contribution in [2.24, 2.45) is 0 Å². The van der Waals surface area contributed by atoms with Crippen molar-refractivity contribution in [1.82, 2.24) is 0 Å². The van der Waals surface area contributed by atoms with E-state index in [1.54, 1.807) is 12.1 Å². The summed E-state index contributed by atoms with van der Waals surface area (Å²) in [6.07, 6.45) is 1.35. The number of ether oxygens (including phenoxy) is 1. The zero-order valence-corrected chi connectivity index (χ0v) is 11.8. The Morgan fingerprint density at radius 2 is 1.73 bits per heavy atom. The number of hydrogen-bond acceptors (Lipinski definition) is 5. The number of morpholine rings is 1. The summed E-state index contributed by atoms with van der Waals surface area (Å²) in [5, 5.41) is 10.8. The van der Waals surface area contributed by atoms with Gasteiger partial charge in [-0.3, -0.25) is 9.59 Å². The average molecular weight is 304 g/mol. The van der Waals surface area contributed by atoms with Gasteiger partial charge in [-0.25, -0.2) is 4.79 Å². The summed E-state index contributed by atoms with van der Waals surface area (Å²) in [4.78, 5) is 35.4. The molecule has 0 radical (unpaired) electrons. The van der Waals surface area contributed by atoms with Crippen molar-refractivity contribution < 1.29 is 24.2 Å². The molecule has 1 saturated heterocycles. The van der Waals surface area contributed by atoms with Gasteiger partial charge in [0.1, 0.15) is 0 Å². The standard InChI is InChI=1S/C15H16N2O5/c18-13(5-6-14(19)20)15(21)16-11-1-3-12(4-2-11)17-7-9-22-10-8-17/h1-6H,7-10H2,(H,16,21)(H,19,20)/b6-5+. The SMILES string of the molecule is O=C(O)/C=C/C(=O)C(=O)Nc1ccc(N2CCOCC2)cc1. The highest BCUT2D eigenvalue weighted by molar-refractivity contribution is 6.44. The van der Waals surface area contributed by atoms with Gasteiger partial charge in [-0.1, -0.05) is 0 Å². The minimum Gasteiger partial charge on any atom is -0.478 e. The number of nitrogens with zero attached hydrogens (tertiary/aromatic N) is 1. The van der Waals surface area contributed by atoms with E-state index in [2.05, 4.69) is 10.2 Å². The maximum absolute atomic E-state index is 11.6. The lowest BCUT2D eigenvalue weighted by Crippen LogP contribution is -2.36. The molecule has 0 aliphatic carbocycles. The summed E-state index contributed by atoms with van der Waals surface area (Å²) in [5.41, 5.74) is 1.48. The van der Waals surface area contributed by atoms with Gasteiger partial charge in [0, 0.05) is 30.5 Å². The van der Waals surface area contributed by atoms with E-state index in [1.807, 2.05) is 12.1 Å². The normalized spacial score (nSPS) is 14.8. The first-order valence-electron chi connectivity index (χ1n) is 6.75. The molecule has 7 heteroatoms. The number of carbonyl (C=O) groups excluding carboxylic acids is 2. The molecule has 0 bridgehead atoms. The molecule has 116 valence electrons. The lowest BCUT2D eigenvalue weighted by Gasteiger charge is -2.28. The number of anilines is 2. The monoisotopic (exact) mass is 304 g/mol. The molecule has 0 saturated carbocycles. The molecule has 0 unspecified atom stereocenters. The van der Waals surface area contributed by atoms with Gasteiger partial charge >= 0.3 is 5.97 Å². The third-order valence-electron chi connectivity index (χ3n) is 3.10. The minimum absolute atomic E-state index is 0.471. The van der Waals surface area contributed by atoms with Crippen LogP contribution in [0.1, 0.15) is 0 Å². The van der Waals surface area contributed by atoms with Crippen LogP contribution in [0.15, 0.2) is 36.4 Å². The van der Waals surface area contributed by atoms with E-state index in [0.717, 1.165) is 24.9 Å². The number of nitrogens with one attached hydrogen (secondary N) is 1. The van der Waals surface area contributed by atoms with Crippen molar-refractivity contribution in [2.75, 3.05) is 36.5 Å². The van der Waals surface area contributed by atoms with Gasteiger partial charge in [-0.15, -0.1) is 0 Å². The zero-order valence-electron chi connectivity index (χ0n) is 11.8. The number of carboxylic acid groups (broad SMARTS) is 1. The number of amides is 1. The second-order valence-corrected chi connectivity index (χ2v) is 4.64. The van der Waals surface area contributed by atoms with Crippen LogP contribution in [0.4, 0.5) is 11.4 Å². The average Bonchev–Trinajstić information content (AvgIpc) is 2.54. The molecule has 0 aromatic heterocycles. The highest BCUT2D eigenvalue weighted by Gasteiger charge is 2.13. The molecule has 1 fully saturated rings. The predicted octanol–water partition coefficient (Wildman–Crippen LogP) is 0.672. The van der Waals surface area contributed by atoms with E-state index in [-0.39, 0.29) is 0 Å². The van der Waals surface area contributed by atoms with Gasteiger partial charge in [0.2, 0.25) is 5.78 Å². The Labute approximate surface area is 127 Å². The molecule has 1 heterocycles. The van der Waals surface area contributed by atoms with Crippen molar-refractivity contribution in [2.45, 2.75) is 0 Å². The predicted molar refractivity (Wildman–Crippen MR) is 79.9 cm³/mol. The molecule has 2 rings (SSSR count). The third kappa shape index (κ3) is 4.42. The number of ketones is 1. The van der Waals surface area contributed by atoms with E-state index in [9.17, 15) is 14.4 Å². The number of aliphatic carboxylic acids is 1. The maximum atomic E-state index is 11.6. The molecule has 1 aliphatic rings. The van der Waals surface area contributed by atoms with Crippen LogP contribution in [0.2, 0.25) is 0 Å². The fraction of sp³-hybridized carbons (Fsp3) is 0.267. The maximum Gasteiger partial charge on any atom is 0.328 e. The van der Waals surface area contributed by atoms with Crippen LogP contribution in [-0.4, -0.2) is 49.1 Å². The molecular weight excluding hydrogens is 288 g/mol. The van der Waals surface area contributed by atoms with E-state index in [0.29, 0.717) is 25.0 Å². The molecule has 2 N–H and O–H groups in total. The number of carbonyl (C=O) groups is 3. The van der Waals surface area contributed by atoms with Crippen LogP contribution in [0.25, 0.3) is 0 Å². The topological polar surface area (TPSA) is 95.9 Å². The van der Waals surface area contributed by atoms with Crippen LogP contribution in [0.5, 0.6) is 0 Å². The summed E-state index contributed by atoms with van der Waals surface area (Å²) in [6, 6.07) is 7.07.